The van der Waals surface area contributed by atoms with Crippen LogP contribution in [0.1, 0.15) is 44.6 Å². The van der Waals surface area contributed by atoms with Gasteiger partial charge in [-0.3, -0.25) is 4.79 Å². The summed E-state index contributed by atoms with van der Waals surface area (Å²) in [4.78, 5) is 17.4. The average Bonchev–Trinajstić information content (AvgIpc) is 3.21. The standard InChI is InChI=1S/C23H29N5O2S/c1-2-30-19-5-3-14(4-6-19)12-24-26-22-25-23(28-27-22)31-13-20(29)21-17-8-15-7-16(10-17)11-18(21)9-15/h3-6,12,15-18,21H,2,7-11,13H2,1H3,(H2,25,26,27,28)/b24-12-. The van der Waals surface area contributed by atoms with E-state index in [0.29, 0.717) is 41.1 Å². The van der Waals surface area contributed by atoms with Gasteiger partial charge in [-0.1, -0.05) is 11.8 Å². The summed E-state index contributed by atoms with van der Waals surface area (Å²) in [5, 5.41) is 11.8. The molecule has 6 rings (SSSR count). The summed E-state index contributed by atoms with van der Waals surface area (Å²) in [6, 6.07) is 7.70. The zero-order valence-corrected chi connectivity index (χ0v) is 18.6. The third-order valence-corrected chi connectivity index (χ3v) is 7.85. The van der Waals surface area contributed by atoms with Crippen LogP contribution in [0.5, 0.6) is 5.75 Å². The number of Topliss-reactive ketones (excluding diaryl/α,β-unsaturated/α-hetero) is 1. The van der Waals surface area contributed by atoms with Crippen molar-refractivity contribution in [3.05, 3.63) is 29.8 Å². The van der Waals surface area contributed by atoms with Gasteiger partial charge in [-0.25, -0.2) is 10.5 Å². The Kier molecular flexibility index (Phi) is 5.98. The van der Waals surface area contributed by atoms with Gasteiger partial charge in [-0.05, 0) is 92.5 Å². The van der Waals surface area contributed by atoms with E-state index < -0.39 is 0 Å². The van der Waals surface area contributed by atoms with Crippen LogP contribution in [0.25, 0.3) is 0 Å². The molecule has 8 heteroatoms. The Morgan fingerprint density at radius 1 is 1.19 bits per heavy atom. The molecule has 7 nitrogen and oxygen atoms in total. The van der Waals surface area contributed by atoms with E-state index in [9.17, 15) is 4.79 Å². The van der Waals surface area contributed by atoms with Crippen LogP contribution in [0, 0.1) is 29.6 Å². The summed E-state index contributed by atoms with van der Waals surface area (Å²) >= 11 is 1.42. The molecule has 1 aromatic carbocycles. The molecule has 0 saturated heterocycles. The number of carbonyl (C=O) groups excluding carboxylic acids is 1. The van der Waals surface area contributed by atoms with Crippen LogP contribution in [-0.4, -0.2) is 39.5 Å². The number of thioether (sulfide) groups is 1. The number of aromatic nitrogens is 3. The van der Waals surface area contributed by atoms with Crippen LogP contribution < -0.4 is 10.2 Å². The number of hydrazone groups is 1. The van der Waals surface area contributed by atoms with Crippen molar-refractivity contribution in [2.24, 2.45) is 34.7 Å². The summed E-state index contributed by atoms with van der Waals surface area (Å²) < 4.78 is 5.43. The third kappa shape index (κ3) is 4.63. The first-order chi connectivity index (χ1) is 15.2. The molecule has 1 heterocycles. The number of carbonyl (C=O) groups is 1. The molecule has 2 aromatic rings. The summed E-state index contributed by atoms with van der Waals surface area (Å²) in [6.45, 7) is 2.61. The molecule has 4 aliphatic carbocycles. The molecule has 1 aromatic heterocycles. The van der Waals surface area contributed by atoms with Gasteiger partial charge in [0, 0.05) is 5.92 Å². The Morgan fingerprint density at radius 2 is 1.90 bits per heavy atom. The van der Waals surface area contributed by atoms with Crippen LogP contribution in [0.15, 0.2) is 34.5 Å². The smallest absolute Gasteiger partial charge is 0.240 e. The van der Waals surface area contributed by atoms with Crippen molar-refractivity contribution in [1.29, 1.82) is 0 Å². The number of H-pyrrole nitrogens is 1. The monoisotopic (exact) mass is 439 g/mol. The van der Waals surface area contributed by atoms with E-state index in [1.54, 1.807) is 6.21 Å². The van der Waals surface area contributed by atoms with E-state index in [2.05, 4.69) is 25.7 Å². The van der Waals surface area contributed by atoms with E-state index in [1.807, 2.05) is 31.2 Å². The second kappa shape index (κ2) is 9.02. The predicted molar refractivity (Wildman–Crippen MR) is 121 cm³/mol. The van der Waals surface area contributed by atoms with Crippen LogP contribution in [0.4, 0.5) is 5.95 Å². The molecule has 4 fully saturated rings. The molecule has 0 amide bonds. The fourth-order valence-corrected chi connectivity index (χ4v) is 6.76. The second-order valence-electron chi connectivity index (χ2n) is 9.05. The van der Waals surface area contributed by atoms with Gasteiger partial charge >= 0.3 is 0 Å². The Morgan fingerprint density at radius 3 is 2.58 bits per heavy atom. The highest BCUT2D eigenvalue weighted by Gasteiger charge is 2.50. The van der Waals surface area contributed by atoms with Gasteiger partial charge in [-0.15, -0.1) is 5.10 Å². The molecule has 164 valence electrons. The average molecular weight is 440 g/mol. The highest BCUT2D eigenvalue weighted by molar-refractivity contribution is 7.99. The lowest BCUT2D eigenvalue weighted by Gasteiger charge is -2.53. The minimum Gasteiger partial charge on any atom is -0.494 e. The lowest BCUT2D eigenvalue weighted by molar-refractivity contribution is -0.133. The van der Waals surface area contributed by atoms with Crippen molar-refractivity contribution >= 4 is 29.7 Å². The zero-order valence-electron chi connectivity index (χ0n) is 17.8. The van der Waals surface area contributed by atoms with Crippen LogP contribution in [0.3, 0.4) is 0 Å². The van der Waals surface area contributed by atoms with Crippen LogP contribution in [0.2, 0.25) is 0 Å². The molecule has 31 heavy (non-hydrogen) atoms. The summed E-state index contributed by atoms with van der Waals surface area (Å²) in [5.41, 5.74) is 3.81. The van der Waals surface area contributed by atoms with E-state index in [-0.39, 0.29) is 5.92 Å². The lowest BCUT2D eigenvalue weighted by atomic mass is 9.51. The molecular weight excluding hydrogens is 410 g/mol. The van der Waals surface area contributed by atoms with Crippen LogP contribution >= 0.6 is 11.8 Å². The van der Waals surface area contributed by atoms with E-state index in [4.69, 9.17) is 4.74 Å². The van der Waals surface area contributed by atoms with Gasteiger partial charge < -0.3 is 4.74 Å². The Balaban J connectivity index is 1.10. The van der Waals surface area contributed by atoms with Gasteiger partial charge in [0.25, 0.3) is 0 Å². The van der Waals surface area contributed by atoms with Crippen LogP contribution in [-0.2, 0) is 4.79 Å². The number of hydrogen-bond acceptors (Lipinski definition) is 7. The van der Waals surface area contributed by atoms with Gasteiger partial charge in [-0.2, -0.15) is 10.1 Å². The number of ketones is 1. The van der Waals surface area contributed by atoms with E-state index in [1.165, 1.54) is 43.9 Å². The van der Waals surface area contributed by atoms with Crippen molar-refractivity contribution in [2.75, 3.05) is 17.8 Å². The molecule has 0 aliphatic heterocycles. The fourth-order valence-electron chi connectivity index (χ4n) is 6.03. The van der Waals surface area contributed by atoms with Crippen molar-refractivity contribution in [2.45, 2.75) is 44.2 Å². The number of nitrogens with zero attached hydrogens (tertiary/aromatic N) is 3. The zero-order chi connectivity index (χ0) is 21.2. The van der Waals surface area contributed by atoms with Crippen molar-refractivity contribution in [1.82, 2.24) is 15.2 Å². The van der Waals surface area contributed by atoms with Gasteiger partial charge in [0.05, 0.1) is 18.6 Å². The molecule has 4 aliphatic rings. The van der Waals surface area contributed by atoms with Crippen molar-refractivity contribution in [3.8, 4) is 5.75 Å². The highest BCUT2D eigenvalue weighted by Crippen LogP contribution is 2.56. The molecule has 4 bridgehead atoms. The lowest BCUT2D eigenvalue weighted by Crippen LogP contribution is -2.48. The number of aromatic amines is 1. The maximum Gasteiger partial charge on any atom is 0.240 e. The molecule has 0 spiro atoms. The Hall–Kier alpha value is -2.35. The molecule has 4 saturated carbocycles. The number of benzene rings is 1. The number of ether oxygens (including phenoxy) is 1. The first-order valence-electron chi connectivity index (χ1n) is 11.3. The van der Waals surface area contributed by atoms with Gasteiger partial charge in [0.1, 0.15) is 11.5 Å². The quantitative estimate of drug-likeness (QED) is 0.342. The number of anilines is 1. The number of hydrogen-bond donors (Lipinski definition) is 2. The summed E-state index contributed by atoms with van der Waals surface area (Å²) in [6.07, 6.45) is 8.21. The highest BCUT2D eigenvalue weighted by atomic mass is 32.2. The maximum atomic E-state index is 13.0. The predicted octanol–water partition coefficient (Wildman–Crippen LogP) is 4.38. The SMILES string of the molecule is CCOc1ccc(/C=N\Nc2nc(SCC(=O)C3C4CC5CC(C4)CC3C5)n[nH]2)cc1. The third-order valence-electron chi connectivity index (χ3n) is 6.98. The largest absolute Gasteiger partial charge is 0.494 e. The molecular formula is C23H29N5O2S. The minimum atomic E-state index is 0.274. The fraction of sp³-hybridized carbons (Fsp3) is 0.565. The Bertz CT molecular complexity index is 914. The summed E-state index contributed by atoms with van der Waals surface area (Å²) in [5.74, 6) is 5.48. The topological polar surface area (TPSA) is 92.3 Å². The molecule has 0 unspecified atom stereocenters. The summed E-state index contributed by atoms with van der Waals surface area (Å²) in [7, 11) is 0. The maximum absolute atomic E-state index is 13.0. The molecule has 2 N–H and O–H groups in total. The first-order valence-corrected chi connectivity index (χ1v) is 12.3. The normalized spacial score (nSPS) is 28.9. The minimum absolute atomic E-state index is 0.274. The van der Waals surface area contributed by atoms with E-state index in [0.717, 1.165) is 23.1 Å². The van der Waals surface area contributed by atoms with E-state index >= 15 is 0 Å². The molecule has 0 atom stereocenters. The van der Waals surface area contributed by atoms with Crippen molar-refractivity contribution < 1.29 is 9.53 Å². The Labute approximate surface area is 186 Å². The number of rotatable bonds is 9. The number of nitrogens with one attached hydrogen (secondary N) is 2. The first kappa shape index (κ1) is 20.5. The second-order valence-corrected chi connectivity index (χ2v) is 9.99. The van der Waals surface area contributed by atoms with Gasteiger partial charge in [0.15, 0.2) is 0 Å². The van der Waals surface area contributed by atoms with Crippen molar-refractivity contribution in [3.63, 3.8) is 0 Å². The molecule has 0 radical (unpaired) electrons. The van der Waals surface area contributed by atoms with Gasteiger partial charge in [0.2, 0.25) is 11.1 Å².